The summed E-state index contributed by atoms with van der Waals surface area (Å²) in [5, 5.41) is 3.13. The summed E-state index contributed by atoms with van der Waals surface area (Å²) in [7, 11) is 0. The van der Waals surface area contributed by atoms with Crippen molar-refractivity contribution in [2.45, 2.75) is 13.0 Å². The molecule has 20 heavy (non-hydrogen) atoms. The van der Waals surface area contributed by atoms with Crippen molar-refractivity contribution in [2.75, 3.05) is 31.1 Å². The number of aromatic nitrogens is 1. The second-order valence-electron chi connectivity index (χ2n) is 5.07. The molecule has 1 aliphatic rings. The third-order valence-corrected chi connectivity index (χ3v) is 4.74. The molecule has 5 heteroatoms. The van der Waals surface area contributed by atoms with E-state index in [0.717, 1.165) is 31.3 Å². The van der Waals surface area contributed by atoms with Gasteiger partial charge in [0.1, 0.15) is 5.82 Å². The van der Waals surface area contributed by atoms with E-state index in [9.17, 15) is 4.39 Å². The number of nitrogens with zero attached hydrogens (tertiary/aromatic N) is 3. The Labute approximate surface area is 122 Å². The molecule has 3 rings (SSSR count). The molecule has 0 unspecified atom stereocenters. The average molecular weight is 291 g/mol. The van der Waals surface area contributed by atoms with E-state index >= 15 is 0 Å². The molecule has 0 bridgehead atoms. The van der Waals surface area contributed by atoms with Crippen molar-refractivity contribution in [3.8, 4) is 0 Å². The largest absolute Gasteiger partial charge is 0.346 e. The van der Waals surface area contributed by atoms with Gasteiger partial charge in [-0.1, -0.05) is 12.1 Å². The van der Waals surface area contributed by atoms with Crippen LogP contribution in [0.4, 0.5) is 9.52 Å². The van der Waals surface area contributed by atoms with E-state index in [-0.39, 0.29) is 5.82 Å². The van der Waals surface area contributed by atoms with Crippen LogP contribution in [0.25, 0.3) is 0 Å². The van der Waals surface area contributed by atoms with Gasteiger partial charge >= 0.3 is 0 Å². The molecular weight excluding hydrogens is 273 g/mol. The van der Waals surface area contributed by atoms with Gasteiger partial charge in [-0.25, -0.2) is 9.37 Å². The van der Waals surface area contributed by atoms with E-state index < -0.39 is 0 Å². The van der Waals surface area contributed by atoms with Gasteiger partial charge < -0.3 is 4.90 Å². The van der Waals surface area contributed by atoms with Gasteiger partial charge in [0.2, 0.25) is 0 Å². The van der Waals surface area contributed by atoms with Crippen LogP contribution in [0.3, 0.4) is 0 Å². The zero-order chi connectivity index (χ0) is 13.9. The highest BCUT2D eigenvalue weighted by Crippen LogP contribution is 2.24. The van der Waals surface area contributed by atoms with E-state index in [0.29, 0.717) is 6.04 Å². The fraction of sp³-hybridized carbons (Fsp3) is 0.400. The lowest BCUT2D eigenvalue weighted by Gasteiger charge is -2.38. The van der Waals surface area contributed by atoms with Crippen molar-refractivity contribution in [1.29, 1.82) is 0 Å². The fourth-order valence-corrected chi connectivity index (χ4v) is 3.32. The molecule has 0 radical (unpaired) electrons. The molecule has 3 nitrogen and oxygen atoms in total. The molecule has 1 aromatic heterocycles. The molecule has 0 amide bonds. The molecule has 1 saturated heterocycles. The van der Waals surface area contributed by atoms with E-state index in [1.165, 1.54) is 17.7 Å². The van der Waals surface area contributed by atoms with Gasteiger partial charge in [0.25, 0.3) is 0 Å². The quantitative estimate of drug-likeness (QED) is 0.866. The highest BCUT2D eigenvalue weighted by Gasteiger charge is 2.23. The molecule has 2 aromatic rings. The summed E-state index contributed by atoms with van der Waals surface area (Å²) in [5.41, 5.74) is 1.18. The maximum Gasteiger partial charge on any atom is 0.185 e. The molecule has 1 aliphatic heterocycles. The number of thiazole rings is 1. The maximum absolute atomic E-state index is 13.0. The van der Waals surface area contributed by atoms with Gasteiger partial charge in [0.05, 0.1) is 0 Å². The van der Waals surface area contributed by atoms with Gasteiger partial charge in [-0.2, -0.15) is 0 Å². The normalized spacial score (nSPS) is 18.2. The Kier molecular flexibility index (Phi) is 3.98. The minimum atomic E-state index is -0.172. The van der Waals surface area contributed by atoms with Crippen LogP contribution in [0, 0.1) is 5.82 Å². The van der Waals surface area contributed by atoms with Crippen molar-refractivity contribution in [2.24, 2.45) is 0 Å². The second kappa shape index (κ2) is 5.89. The van der Waals surface area contributed by atoms with Gasteiger partial charge in [-0.3, -0.25) is 4.90 Å². The molecule has 1 aromatic carbocycles. The standard InChI is InChI=1S/C15H18FN3S/c1-12(13-2-4-14(16)5-3-13)18-7-9-19(10-8-18)15-17-6-11-20-15/h2-6,11-12H,7-10H2,1H3/t12-/m0/s1. The zero-order valence-electron chi connectivity index (χ0n) is 11.5. The zero-order valence-corrected chi connectivity index (χ0v) is 12.3. The van der Waals surface area contributed by atoms with Crippen molar-refractivity contribution < 1.29 is 4.39 Å². The van der Waals surface area contributed by atoms with E-state index in [1.54, 1.807) is 11.3 Å². The van der Waals surface area contributed by atoms with Gasteiger partial charge in [0.15, 0.2) is 5.13 Å². The van der Waals surface area contributed by atoms with Crippen LogP contribution in [0.5, 0.6) is 0 Å². The highest BCUT2D eigenvalue weighted by atomic mass is 32.1. The molecule has 0 N–H and O–H groups in total. The third kappa shape index (κ3) is 2.83. The smallest absolute Gasteiger partial charge is 0.185 e. The Hall–Kier alpha value is -1.46. The Morgan fingerprint density at radius 1 is 1.15 bits per heavy atom. The van der Waals surface area contributed by atoms with Crippen molar-refractivity contribution in [1.82, 2.24) is 9.88 Å². The lowest BCUT2D eigenvalue weighted by molar-refractivity contribution is 0.198. The van der Waals surface area contributed by atoms with Gasteiger partial charge in [0, 0.05) is 43.8 Å². The van der Waals surface area contributed by atoms with Crippen LogP contribution in [-0.2, 0) is 0 Å². The molecule has 0 saturated carbocycles. The first kappa shape index (κ1) is 13.5. The molecule has 0 spiro atoms. The van der Waals surface area contributed by atoms with Crippen LogP contribution < -0.4 is 4.90 Å². The van der Waals surface area contributed by atoms with E-state index in [1.807, 2.05) is 23.7 Å². The maximum atomic E-state index is 13.0. The summed E-state index contributed by atoms with van der Waals surface area (Å²) in [6.45, 7) is 6.21. The Morgan fingerprint density at radius 3 is 2.45 bits per heavy atom. The number of hydrogen-bond acceptors (Lipinski definition) is 4. The van der Waals surface area contributed by atoms with E-state index in [4.69, 9.17) is 0 Å². The van der Waals surface area contributed by atoms with E-state index in [2.05, 4.69) is 21.7 Å². The highest BCUT2D eigenvalue weighted by molar-refractivity contribution is 7.13. The number of anilines is 1. The monoisotopic (exact) mass is 291 g/mol. The molecule has 1 fully saturated rings. The minimum Gasteiger partial charge on any atom is -0.346 e. The van der Waals surface area contributed by atoms with Crippen LogP contribution in [-0.4, -0.2) is 36.1 Å². The van der Waals surface area contributed by atoms with Crippen LogP contribution in [0.2, 0.25) is 0 Å². The van der Waals surface area contributed by atoms with Gasteiger partial charge in [-0.15, -0.1) is 11.3 Å². The average Bonchev–Trinajstić information content (AvgIpc) is 3.02. The number of hydrogen-bond donors (Lipinski definition) is 0. The second-order valence-corrected chi connectivity index (χ2v) is 5.94. The van der Waals surface area contributed by atoms with Gasteiger partial charge in [-0.05, 0) is 24.6 Å². The molecule has 1 atom stereocenters. The molecule has 106 valence electrons. The predicted octanol–water partition coefficient (Wildman–Crippen LogP) is 3.17. The molecule has 0 aliphatic carbocycles. The number of halogens is 1. The van der Waals surface area contributed by atoms with Crippen molar-refractivity contribution >= 4 is 16.5 Å². The first-order valence-corrected chi connectivity index (χ1v) is 7.76. The Balaban J connectivity index is 1.61. The van der Waals surface area contributed by atoms with Crippen LogP contribution in [0.1, 0.15) is 18.5 Å². The number of piperazine rings is 1. The predicted molar refractivity (Wildman–Crippen MR) is 80.7 cm³/mol. The first-order chi connectivity index (χ1) is 9.74. The lowest BCUT2D eigenvalue weighted by Crippen LogP contribution is -2.47. The topological polar surface area (TPSA) is 19.4 Å². The SMILES string of the molecule is C[C@@H](c1ccc(F)cc1)N1CCN(c2nccs2)CC1. The molecule has 2 heterocycles. The first-order valence-electron chi connectivity index (χ1n) is 6.88. The Morgan fingerprint density at radius 2 is 1.85 bits per heavy atom. The minimum absolute atomic E-state index is 0.172. The summed E-state index contributed by atoms with van der Waals surface area (Å²) in [6.07, 6.45) is 1.85. The van der Waals surface area contributed by atoms with Crippen molar-refractivity contribution in [3.05, 3.63) is 47.2 Å². The van der Waals surface area contributed by atoms with Crippen LogP contribution >= 0.6 is 11.3 Å². The summed E-state index contributed by atoms with van der Waals surface area (Å²) < 4.78 is 13.0. The third-order valence-electron chi connectivity index (χ3n) is 3.90. The number of benzene rings is 1. The summed E-state index contributed by atoms with van der Waals surface area (Å²) in [4.78, 5) is 9.14. The number of rotatable bonds is 3. The lowest BCUT2D eigenvalue weighted by atomic mass is 10.1. The molecular formula is C15H18FN3S. The Bertz CT molecular complexity index is 533. The summed E-state index contributed by atoms with van der Waals surface area (Å²) in [5.74, 6) is -0.172. The summed E-state index contributed by atoms with van der Waals surface area (Å²) in [6, 6.07) is 7.17. The van der Waals surface area contributed by atoms with Crippen LogP contribution in [0.15, 0.2) is 35.8 Å². The summed E-state index contributed by atoms with van der Waals surface area (Å²) >= 11 is 1.69. The van der Waals surface area contributed by atoms with Crippen molar-refractivity contribution in [3.63, 3.8) is 0 Å². The fourth-order valence-electron chi connectivity index (χ4n) is 2.62.